The molecule has 0 saturated heterocycles. The molecule has 1 aliphatic carbocycles. The molecule has 1 aliphatic rings. The van der Waals surface area contributed by atoms with E-state index in [9.17, 15) is 9.59 Å². The average molecular weight is 277 g/mol. The van der Waals surface area contributed by atoms with Crippen molar-refractivity contribution in [1.29, 1.82) is 0 Å². The summed E-state index contributed by atoms with van der Waals surface area (Å²) < 4.78 is 0. The van der Waals surface area contributed by atoms with Gasteiger partial charge in [-0.1, -0.05) is 58.3 Å². The first-order valence-electron chi connectivity index (χ1n) is 7.96. The van der Waals surface area contributed by atoms with E-state index in [-0.39, 0.29) is 0 Å². The van der Waals surface area contributed by atoms with E-state index < -0.39 is 11.6 Å². The molecule has 3 heteroatoms. The fourth-order valence-corrected chi connectivity index (χ4v) is 2.29. The summed E-state index contributed by atoms with van der Waals surface area (Å²) in [5.74, 6) is -0.860. The molecule has 0 aromatic rings. The normalized spacial score (nSPS) is 14.6. The molecule has 1 rings (SSSR count). The monoisotopic (exact) mass is 277 g/mol. The molecule has 0 aliphatic heterocycles. The van der Waals surface area contributed by atoms with Gasteiger partial charge in [-0.2, -0.15) is 0 Å². The Morgan fingerprint density at radius 1 is 0.800 bits per heavy atom. The fourth-order valence-electron chi connectivity index (χ4n) is 2.29. The molecule has 0 aromatic heterocycles. The Bertz CT molecular complexity index is 369. The second-order valence-electron chi connectivity index (χ2n) is 5.42. The number of unbranched alkanes of at least 4 members (excludes halogenated alkanes) is 8. The van der Waals surface area contributed by atoms with Crippen molar-refractivity contribution < 1.29 is 9.59 Å². The molecule has 1 N–H and O–H groups in total. The van der Waals surface area contributed by atoms with Crippen LogP contribution in [0, 0.1) is 0 Å². The van der Waals surface area contributed by atoms with Gasteiger partial charge < -0.3 is 5.32 Å². The van der Waals surface area contributed by atoms with Gasteiger partial charge in [0.05, 0.1) is 0 Å². The first-order chi connectivity index (χ1) is 9.74. The van der Waals surface area contributed by atoms with Gasteiger partial charge >= 0.3 is 0 Å². The summed E-state index contributed by atoms with van der Waals surface area (Å²) in [7, 11) is 0. The lowest BCUT2D eigenvalue weighted by molar-refractivity contribution is -0.131. The molecular formula is C17H27NO2. The van der Waals surface area contributed by atoms with Gasteiger partial charge in [0.25, 0.3) is 0 Å². The summed E-state index contributed by atoms with van der Waals surface area (Å²) in [6.07, 6.45) is 16.2. The van der Waals surface area contributed by atoms with Crippen molar-refractivity contribution in [2.45, 2.75) is 64.7 Å². The van der Waals surface area contributed by atoms with E-state index in [1.165, 1.54) is 63.5 Å². The number of rotatable bonds is 11. The minimum Gasteiger partial charge on any atom is -0.385 e. The maximum atomic E-state index is 11.2. The van der Waals surface area contributed by atoms with Gasteiger partial charge in [-0.15, -0.1) is 0 Å². The molecule has 20 heavy (non-hydrogen) atoms. The molecular weight excluding hydrogens is 250 g/mol. The molecule has 3 nitrogen and oxygen atoms in total. The summed E-state index contributed by atoms with van der Waals surface area (Å²) in [6, 6.07) is 0. The van der Waals surface area contributed by atoms with Gasteiger partial charge in [-0.3, -0.25) is 9.59 Å². The summed E-state index contributed by atoms with van der Waals surface area (Å²) in [5.41, 5.74) is 0.758. The van der Waals surface area contributed by atoms with Crippen LogP contribution in [0.1, 0.15) is 64.7 Å². The SMILES string of the molecule is CCCCCCCCCCCNC1=CC(=O)C(=O)C=C1. The van der Waals surface area contributed by atoms with E-state index in [0.29, 0.717) is 0 Å². The molecule has 0 aromatic carbocycles. The number of carbonyl (C=O) groups excluding carboxylic acids is 2. The van der Waals surface area contributed by atoms with Gasteiger partial charge in [0, 0.05) is 18.3 Å². The minimum atomic E-state index is -0.432. The third-order valence-electron chi connectivity index (χ3n) is 3.55. The summed E-state index contributed by atoms with van der Waals surface area (Å²) in [5, 5.41) is 3.19. The van der Waals surface area contributed by atoms with Crippen molar-refractivity contribution in [2.75, 3.05) is 6.54 Å². The van der Waals surface area contributed by atoms with Crippen LogP contribution in [0.15, 0.2) is 23.9 Å². The molecule has 0 atom stereocenters. The summed E-state index contributed by atoms with van der Waals surface area (Å²) >= 11 is 0. The zero-order chi connectivity index (χ0) is 14.6. The number of nitrogens with one attached hydrogen (secondary N) is 1. The number of ketones is 2. The quantitative estimate of drug-likeness (QED) is 0.356. The molecule has 0 unspecified atom stereocenters. The van der Waals surface area contributed by atoms with Crippen LogP contribution in [0.5, 0.6) is 0 Å². The topological polar surface area (TPSA) is 46.2 Å². The third kappa shape index (κ3) is 7.27. The van der Waals surface area contributed by atoms with Crippen molar-refractivity contribution in [2.24, 2.45) is 0 Å². The van der Waals surface area contributed by atoms with Gasteiger partial charge in [-0.25, -0.2) is 0 Å². The second-order valence-corrected chi connectivity index (χ2v) is 5.42. The van der Waals surface area contributed by atoms with Crippen LogP contribution >= 0.6 is 0 Å². The van der Waals surface area contributed by atoms with Crippen LogP contribution in [-0.4, -0.2) is 18.1 Å². The first kappa shape index (κ1) is 16.7. The van der Waals surface area contributed by atoms with Crippen LogP contribution in [0.4, 0.5) is 0 Å². The summed E-state index contributed by atoms with van der Waals surface area (Å²) in [6.45, 7) is 3.11. The first-order valence-corrected chi connectivity index (χ1v) is 7.96. The standard InChI is InChI=1S/C17H27NO2/c1-2-3-4-5-6-7-8-9-10-13-18-15-11-12-16(19)17(20)14-15/h11-12,14,18H,2-10,13H2,1H3. The Morgan fingerprint density at radius 3 is 2.00 bits per heavy atom. The molecule has 112 valence electrons. The molecule has 0 saturated carbocycles. The van der Waals surface area contributed by atoms with Crippen molar-refractivity contribution in [3.05, 3.63) is 23.9 Å². The highest BCUT2D eigenvalue weighted by molar-refractivity contribution is 6.46. The van der Waals surface area contributed by atoms with Crippen molar-refractivity contribution in [3.8, 4) is 0 Å². The zero-order valence-electron chi connectivity index (χ0n) is 12.6. The van der Waals surface area contributed by atoms with E-state index in [2.05, 4.69) is 12.2 Å². The Labute approximate surface area is 122 Å². The lowest BCUT2D eigenvalue weighted by atomic mass is 10.1. The van der Waals surface area contributed by atoms with E-state index in [0.717, 1.165) is 18.7 Å². The average Bonchev–Trinajstić information content (AvgIpc) is 2.45. The minimum absolute atomic E-state index is 0.429. The zero-order valence-corrected chi connectivity index (χ0v) is 12.6. The van der Waals surface area contributed by atoms with Crippen LogP contribution in [0.25, 0.3) is 0 Å². The highest BCUT2D eigenvalue weighted by Crippen LogP contribution is 2.09. The Morgan fingerprint density at radius 2 is 1.40 bits per heavy atom. The van der Waals surface area contributed by atoms with Gasteiger partial charge in [-0.05, 0) is 18.6 Å². The fraction of sp³-hybridized carbons (Fsp3) is 0.647. The molecule has 0 radical (unpaired) electrons. The third-order valence-corrected chi connectivity index (χ3v) is 3.55. The predicted molar refractivity (Wildman–Crippen MR) is 82.5 cm³/mol. The molecule has 0 fully saturated rings. The molecule has 0 spiro atoms. The highest BCUT2D eigenvalue weighted by Gasteiger charge is 2.12. The van der Waals surface area contributed by atoms with Gasteiger partial charge in [0.15, 0.2) is 0 Å². The second kappa shape index (κ2) is 10.4. The summed E-state index contributed by atoms with van der Waals surface area (Å²) in [4.78, 5) is 22.1. The Kier molecular flexibility index (Phi) is 8.68. The lowest BCUT2D eigenvalue weighted by Gasteiger charge is -2.09. The number of carbonyl (C=O) groups is 2. The predicted octanol–water partition coefficient (Wildman–Crippen LogP) is 3.70. The van der Waals surface area contributed by atoms with E-state index in [4.69, 9.17) is 0 Å². The molecule has 0 amide bonds. The van der Waals surface area contributed by atoms with E-state index >= 15 is 0 Å². The Hall–Kier alpha value is -1.38. The number of allylic oxidation sites excluding steroid dienone is 3. The van der Waals surface area contributed by atoms with Crippen molar-refractivity contribution in [1.82, 2.24) is 5.32 Å². The molecule has 0 heterocycles. The van der Waals surface area contributed by atoms with Crippen LogP contribution < -0.4 is 5.32 Å². The highest BCUT2D eigenvalue weighted by atomic mass is 16.2. The van der Waals surface area contributed by atoms with Crippen LogP contribution in [0.2, 0.25) is 0 Å². The van der Waals surface area contributed by atoms with E-state index in [1.54, 1.807) is 6.08 Å². The van der Waals surface area contributed by atoms with Gasteiger partial charge in [0.2, 0.25) is 11.6 Å². The smallest absolute Gasteiger partial charge is 0.227 e. The maximum Gasteiger partial charge on any atom is 0.227 e. The van der Waals surface area contributed by atoms with E-state index in [1.807, 2.05) is 0 Å². The van der Waals surface area contributed by atoms with Crippen LogP contribution in [0.3, 0.4) is 0 Å². The molecule has 0 bridgehead atoms. The lowest BCUT2D eigenvalue weighted by Crippen LogP contribution is -2.20. The van der Waals surface area contributed by atoms with Crippen molar-refractivity contribution >= 4 is 11.6 Å². The number of hydrogen-bond donors (Lipinski definition) is 1. The van der Waals surface area contributed by atoms with Crippen molar-refractivity contribution in [3.63, 3.8) is 0 Å². The van der Waals surface area contributed by atoms with Crippen LogP contribution in [-0.2, 0) is 9.59 Å². The Balaban J connectivity index is 1.93. The largest absolute Gasteiger partial charge is 0.385 e. The van der Waals surface area contributed by atoms with Gasteiger partial charge in [0.1, 0.15) is 0 Å². The maximum absolute atomic E-state index is 11.2. The number of hydrogen-bond acceptors (Lipinski definition) is 3.